The lowest BCUT2D eigenvalue weighted by Gasteiger charge is -2.05. The second kappa shape index (κ2) is 8.29. The number of hydrogen-bond donors (Lipinski definition) is 3. The minimum absolute atomic E-state index is 0.00677. The van der Waals surface area contributed by atoms with Crippen LogP contribution in [0.2, 0.25) is 5.02 Å². The van der Waals surface area contributed by atoms with Crippen LogP contribution in [-0.2, 0) is 0 Å². The number of nitrogens with zero attached hydrogens (tertiary/aromatic N) is 1. The number of carbonyl (C=O) groups excluding carboxylic acids is 2. The number of amides is 1. The molecule has 0 unspecified atom stereocenters. The zero-order chi connectivity index (χ0) is 22.9. The largest absolute Gasteiger partial charge is 0.507 e. The number of ketones is 1. The maximum atomic E-state index is 13.2. The van der Waals surface area contributed by atoms with Crippen LogP contribution in [0.25, 0.3) is 22.2 Å². The monoisotopic (exact) mass is 457 g/mol. The predicted molar refractivity (Wildman–Crippen MR) is 125 cm³/mol. The minimum atomic E-state index is -0.513. The van der Waals surface area contributed by atoms with Crippen molar-refractivity contribution in [1.29, 1.82) is 0 Å². The zero-order valence-corrected chi connectivity index (χ0v) is 17.8. The highest BCUT2D eigenvalue weighted by Crippen LogP contribution is 2.33. The molecule has 2 heterocycles. The Morgan fingerprint density at radius 2 is 1.70 bits per heavy atom. The number of rotatable bonds is 5. The second-order valence-corrected chi connectivity index (χ2v) is 7.71. The molecule has 0 saturated heterocycles. The van der Waals surface area contributed by atoms with Crippen LogP contribution in [0.4, 0.5) is 5.69 Å². The van der Waals surface area contributed by atoms with Crippen LogP contribution in [0.5, 0.6) is 5.75 Å². The highest BCUT2D eigenvalue weighted by Gasteiger charge is 2.24. The van der Waals surface area contributed by atoms with Crippen LogP contribution in [0.1, 0.15) is 26.6 Å². The van der Waals surface area contributed by atoms with E-state index in [0.717, 1.165) is 0 Å². The topological polar surface area (TPSA) is 108 Å². The zero-order valence-electron chi connectivity index (χ0n) is 17.0. The van der Waals surface area contributed by atoms with Crippen LogP contribution in [-0.4, -0.2) is 27.0 Å². The molecule has 0 atom stereocenters. The van der Waals surface area contributed by atoms with Crippen molar-refractivity contribution in [3.05, 3.63) is 101 Å². The maximum absolute atomic E-state index is 13.2. The van der Waals surface area contributed by atoms with E-state index in [1.54, 1.807) is 66.7 Å². The van der Waals surface area contributed by atoms with Crippen LogP contribution in [0.3, 0.4) is 0 Å². The van der Waals surface area contributed by atoms with Crippen molar-refractivity contribution in [1.82, 2.24) is 10.2 Å². The summed E-state index contributed by atoms with van der Waals surface area (Å²) < 4.78 is 5.82. The van der Waals surface area contributed by atoms with E-state index < -0.39 is 11.7 Å². The normalized spacial score (nSPS) is 10.9. The Kier molecular flexibility index (Phi) is 5.16. The number of furan rings is 1. The molecule has 33 heavy (non-hydrogen) atoms. The fourth-order valence-corrected chi connectivity index (χ4v) is 3.63. The molecular weight excluding hydrogens is 442 g/mol. The smallest absolute Gasteiger partial charge is 0.273 e. The third-order valence-electron chi connectivity index (χ3n) is 5.15. The number of para-hydroxylation sites is 2. The van der Waals surface area contributed by atoms with Gasteiger partial charge in [0.25, 0.3) is 5.91 Å². The summed E-state index contributed by atoms with van der Waals surface area (Å²) in [4.78, 5) is 26.2. The van der Waals surface area contributed by atoms with Crippen molar-refractivity contribution in [2.45, 2.75) is 0 Å². The molecule has 5 aromatic rings. The lowest BCUT2D eigenvalue weighted by atomic mass is 10.1. The molecule has 0 fully saturated rings. The summed E-state index contributed by atoms with van der Waals surface area (Å²) >= 11 is 5.93. The van der Waals surface area contributed by atoms with Crippen LogP contribution in [0, 0.1) is 0 Å². The molecular formula is C25H16ClN3O4. The highest BCUT2D eigenvalue weighted by molar-refractivity contribution is 6.30. The molecule has 3 aromatic carbocycles. The number of phenols is 1. The minimum Gasteiger partial charge on any atom is -0.507 e. The Bertz CT molecular complexity index is 1500. The van der Waals surface area contributed by atoms with E-state index >= 15 is 0 Å². The summed E-state index contributed by atoms with van der Waals surface area (Å²) in [6.07, 6.45) is 0. The van der Waals surface area contributed by atoms with Crippen LogP contribution >= 0.6 is 11.6 Å². The van der Waals surface area contributed by atoms with Gasteiger partial charge in [0.2, 0.25) is 5.78 Å². The molecule has 1 amide bonds. The second-order valence-electron chi connectivity index (χ2n) is 7.28. The fraction of sp³-hybridized carbons (Fsp3) is 0. The molecule has 3 N–H and O–H groups in total. The first-order valence-corrected chi connectivity index (χ1v) is 10.4. The first kappa shape index (κ1) is 20.5. The highest BCUT2D eigenvalue weighted by atomic mass is 35.5. The average molecular weight is 458 g/mol. The van der Waals surface area contributed by atoms with Gasteiger partial charge in [-0.3, -0.25) is 14.7 Å². The van der Waals surface area contributed by atoms with Crippen molar-refractivity contribution in [2.24, 2.45) is 0 Å². The SMILES string of the molecule is O=C(Nc1c(C(=O)c2ccc(Cl)cc2)oc2ccccc12)c1cc(-c2ccccc2O)n[nH]1. The Labute approximate surface area is 192 Å². The number of phenolic OH excluding ortho intramolecular Hbond substituents is 1. The quantitative estimate of drug-likeness (QED) is 0.295. The van der Waals surface area contributed by atoms with Gasteiger partial charge in [0.15, 0.2) is 5.76 Å². The summed E-state index contributed by atoms with van der Waals surface area (Å²) in [5.74, 6) is -0.849. The molecule has 0 spiro atoms. The summed E-state index contributed by atoms with van der Waals surface area (Å²) in [5.41, 5.74) is 2.15. The molecule has 8 heteroatoms. The summed E-state index contributed by atoms with van der Waals surface area (Å²) in [6, 6.07) is 21.7. The third-order valence-corrected chi connectivity index (χ3v) is 5.40. The van der Waals surface area contributed by atoms with Gasteiger partial charge >= 0.3 is 0 Å². The molecule has 162 valence electrons. The van der Waals surface area contributed by atoms with Crippen molar-refractivity contribution >= 4 is 39.9 Å². The maximum Gasteiger partial charge on any atom is 0.273 e. The third kappa shape index (κ3) is 3.86. The van der Waals surface area contributed by atoms with Crippen molar-refractivity contribution in [2.75, 3.05) is 5.32 Å². The first-order chi connectivity index (χ1) is 16.0. The number of hydrogen-bond acceptors (Lipinski definition) is 5. The Hall–Kier alpha value is -4.36. The molecule has 0 bridgehead atoms. The number of anilines is 1. The number of aromatic nitrogens is 2. The molecule has 2 aromatic heterocycles. The number of fused-ring (bicyclic) bond motifs is 1. The van der Waals surface area contributed by atoms with E-state index in [0.29, 0.717) is 32.8 Å². The summed E-state index contributed by atoms with van der Waals surface area (Å²) in [6.45, 7) is 0. The van der Waals surface area contributed by atoms with E-state index in [1.807, 2.05) is 0 Å². The Morgan fingerprint density at radius 3 is 2.48 bits per heavy atom. The van der Waals surface area contributed by atoms with E-state index in [2.05, 4.69) is 15.5 Å². The number of H-pyrrole nitrogens is 1. The molecule has 0 saturated carbocycles. The molecule has 0 radical (unpaired) electrons. The van der Waals surface area contributed by atoms with E-state index in [-0.39, 0.29) is 22.9 Å². The van der Waals surface area contributed by atoms with Gasteiger partial charge in [0, 0.05) is 21.5 Å². The Balaban J connectivity index is 1.51. The lowest BCUT2D eigenvalue weighted by Crippen LogP contribution is -2.14. The summed E-state index contributed by atoms with van der Waals surface area (Å²) in [7, 11) is 0. The van der Waals surface area contributed by atoms with Gasteiger partial charge in [-0.2, -0.15) is 5.10 Å². The van der Waals surface area contributed by atoms with Gasteiger partial charge in [-0.15, -0.1) is 0 Å². The Morgan fingerprint density at radius 1 is 0.970 bits per heavy atom. The van der Waals surface area contributed by atoms with E-state index in [9.17, 15) is 14.7 Å². The number of aromatic amines is 1. The van der Waals surface area contributed by atoms with Gasteiger partial charge in [-0.25, -0.2) is 0 Å². The fourth-order valence-electron chi connectivity index (χ4n) is 3.51. The lowest BCUT2D eigenvalue weighted by molar-refractivity contribution is 0.101. The average Bonchev–Trinajstić information content (AvgIpc) is 3.45. The standard InChI is InChI=1S/C25H16ClN3O4/c26-15-11-9-14(10-12-15)23(31)24-22(17-6-2-4-8-21(17)33-24)27-25(32)19-13-18(28-29-19)16-5-1-3-7-20(16)30/h1-13,30H,(H,27,32)(H,28,29). The van der Waals surface area contributed by atoms with Crippen LogP contribution in [0.15, 0.2) is 83.3 Å². The molecule has 0 aliphatic carbocycles. The van der Waals surface area contributed by atoms with E-state index in [4.69, 9.17) is 16.0 Å². The van der Waals surface area contributed by atoms with Crippen molar-refractivity contribution in [3.8, 4) is 17.0 Å². The van der Waals surface area contributed by atoms with Gasteiger partial charge in [0.1, 0.15) is 17.0 Å². The molecule has 7 nitrogen and oxygen atoms in total. The van der Waals surface area contributed by atoms with Gasteiger partial charge in [-0.05, 0) is 54.6 Å². The van der Waals surface area contributed by atoms with Gasteiger partial charge < -0.3 is 14.8 Å². The molecule has 0 aliphatic rings. The number of carbonyl (C=O) groups is 2. The number of halogens is 1. The molecule has 5 rings (SSSR count). The number of nitrogens with one attached hydrogen (secondary N) is 2. The first-order valence-electron chi connectivity index (χ1n) is 9.98. The van der Waals surface area contributed by atoms with Gasteiger partial charge in [-0.1, -0.05) is 35.9 Å². The van der Waals surface area contributed by atoms with Crippen molar-refractivity contribution in [3.63, 3.8) is 0 Å². The number of benzene rings is 3. The van der Waals surface area contributed by atoms with E-state index in [1.165, 1.54) is 12.1 Å². The van der Waals surface area contributed by atoms with Crippen molar-refractivity contribution < 1.29 is 19.1 Å². The predicted octanol–water partition coefficient (Wildman–Crippen LogP) is 5.67. The summed E-state index contributed by atoms with van der Waals surface area (Å²) in [5, 5.41) is 20.7. The van der Waals surface area contributed by atoms with Gasteiger partial charge in [0.05, 0.1) is 11.4 Å². The van der Waals surface area contributed by atoms with Crippen LogP contribution < -0.4 is 5.32 Å². The number of aromatic hydroxyl groups is 1. The molecule has 0 aliphatic heterocycles.